The Morgan fingerprint density at radius 2 is 2.31 bits per heavy atom. The van der Waals surface area contributed by atoms with Gasteiger partial charge in [-0.1, -0.05) is 11.6 Å². The first kappa shape index (κ1) is 9.76. The molecule has 5 nitrogen and oxygen atoms in total. The molecule has 0 aliphatic rings. The van der Waals surface area contributed by atoms with Crippen LogP contribution in [0.4, 0.5) is 5.82 Å². The van der Waals surface area contributed by atoms with Crippen LogP contribution in [-0.4, -0.2) is 27.7 Å². The van der Waals surface area contributed by atoms with Crippen molar-refractivity contribution in [2.45, 2.75) is 0 Å². The molecule has 1 rings (SSSR count). The van der Waals surface area contributed by atoms with E-state index in [4.69, 9.17) is 21.8 Å². The van der Waals surface area contributed by atoms with Crippen LogP contribution in [0.2, 0.25) is 5.15 Å². The van der Waals surface area contributed by atoms with Crippen molar-refractivity contribution in [3.05, 3.63) is 17.3 Å². The number of aromatic nitrogens is 1. The van der Waals surface area contributed by atoms with Gasteiger partial charge in [-0.25, -0.2) is 4.98 Å². The van der Waals surface area contributed by atoms with Crippen LogP contribution < -0.4 is 5.32 Å². The second kappa shape index (κ2) is 4.06. The van der Waals surface area contributed by atoms with Crippen LogP contribution in [0.25, 0.3) is 0 Å². The van der Waals surface area contributed by atoms with Crippen LogP contribution in [0.3, 0.4) is 0 Å². The van der Waals surface area contributed by atoms with Crippen LogP contribution in [0, 0.1) is 0 Å². The third kappa shape index (κ3) is 2.57. The molecular formula is C7H7ClN2O3. The fraction of sp³-hybridized carbons (Fsp3) is 0.143. The Hall–Kier alpha value is -1.33. The van der Waals surface area contributed by atoms with E-state index in [-0.39, 0.29) is 16.7 Å². The second-order valence-corrected chi connectivity index (χ2v) is 2.60. The number of nitrogens with zero attached hydrogens (tertiary/aromatic N) is 1. The molecule has 70 valence electrons. The zero-order chi connectivity index (χ0) is 9.84. The lowest BCUT2D eigenvalue weighted by Gasteiger charge is -2.04. The highest BCUT2D eigenvalue weighted by atomic mass is 35.5. The number of nitrogens with one attached hydrogen (secondary N) is 1. The van der Waals surface area contributed by atoms with Gasteiger partial charge >= 0.3 is 0 Å². The third-order valence-corrected chi connectivity index (χ3v) is 1.45. The van der Waals surface area contributed by atoms with Crippen molar-refractivity contribution < 1.29 is 15.0 Å². The van der Waals surface area contributed by atoms with Crippen molar-refractivity contribution in [2.75, 3.05) is 11.9 Å². The first-order valence-corrected chi connectivity index (χ1v) is 3.77. The molecule has 1 aromatic heterocycles. The van der Waals surface area contributed by atoms with Crippen molar-refractivity contribution in [3.8, 4) is 5.75 Å². The molecule has 0 spiro atoms. The summed E-state index contributed by atoms with van der Waals surface area (Å²) in [4.78, 5) is 14.3. The summed E-state index contributed by atoms with van der Waals surface area (Å²) in [5.74, 6) is -0.928. The normalized spacial score (nSPS) is 9.69. The second-order valence-electron chi connectivity index (χ2n) is 2.21. The lowest BCUT2D eigenvalue weighted by atomic mass is 10.4. The number of halogens is 1. The first-order chi connectivity index (χ1) is 6.13. The highest BCUT2D eigenvalue weighted by molar-refractivity contribution is 6.29. The van der Waals surface area contributed by atoms with E-state index in [0.717, 1.165) is 0 Å². The maximum Gasteiger partial charge on any atom is 0.251 e. The topological polar surface area (TPSA) is 82.5 Å². The molecule has 1 aromatic rings. The fourth-order valence-electron chi connectivity index (χ4n) is 0.692. The Labute approximate surface area is 79.0 Å². The van der Waals surface area contributed by atoms with E-state index in [2.05, 4.69) is 10.3 Å². The molecule has 0 aromatic carbocycles. The van der Waals surface area contributed by atoms with Gasteiger partial charge in [0.25, 0.3) is 5.91 Å². The lowest BCUT2D eigenvalue weighted by molar-refractivity contribution is -0.118. The Kier molecular flexibility index (Phi) is 3.05. The highest BCUT2D eigenvalue weighted by Gasteiger charge is 2.06. The predicted octanol–water partition coefficient (Wildman–Crippen LogP) is 0.371. The number of aliphatic hydroxyl groups excluding tert-OH is 1. The molecule has 6 heteroatoms. The van der Waals surface area contributed by atoms with Gasteiger partial charge in [0, 0.05) is 0 Å². The minimum Gasteiger partial charge on any atom is -0.504 e. The van der Waals surface area contributed by atoms with E-state index >= 15 is 0 Å². The van der Waals surface area contributed by atoms with Gasteiger partial charge in [0.05, 0.1) is 0 Å². The summed E-state index contributed by atoms with van der Waals surface area (Å²) in [6.45, 7) is -0.673. The van der Waals surface area contributed by atoms with Crippen molar-refractivity contribution in [1.29, 1.82) is 0 Å². The molecule has 0 aliphatic heterocycles. The van der Waals surface area contributed by atoms with Crippen LogP contribution in [-0.2, 0) is 4.79 Å². The molecule has 0 radical (unpaired) electrons. The third-order valence-electron chi connectivity index (χ3n) is 1.24. The fourth-order valence-corrected chi connectivity index (χ4v) is 0.839. The average molecular weight is 203 g/mol. The van der Waals surface area contributed by atoms with E-state index in [1.165, 1.54) is 12.1 Å². The van der Waals surface area contributed by atoms with Gasteiger partial charge in [0.1, 0.15) is 11.8 Å². The Morgan fingerprint density at radius 1 is 1.62 bits per heavy atom. The SMILES string of the molecule is O=C(CO)Nc1nc(Cl)ccc1O. The molecule has 13 heavy (non-hydrogen) atoms. The summed E-state index contributed by atoms with van der Waals surface area (Å²) in [6.07, 6.45) is 0. The highest BCUT2D eigenvalue weighted by Crippen LogP contribution is 2.21. The van der Waals surface area contributed by atoms with Crippen LogP contribution in [0.5, 0.6) is 5.75 Å². The van der Waals surface area contributed by atoms with Crippen LogP contribution in [0.1, 0.15) is 0 Å². The largest absolute Gasteiger partial charge is 0.504 e. The van der Waals surface area contributed by atoms with E-state index in [1.807, 2.05) is 0 Å². The standard InChI is InChI=1S/C7H7ClN2O3/c8-5-2-1-4(12)7(9-5)10-6(13)3-11/h1-2,11-12H,3H2,(H,9,10,13). The number of amides is 1. The number of hydrogen-bond acceptors (Lipinski definition) is 4. The monoisotopic (exact) mass is 202 g/mol. The van der Waals surface area contributed by atoms with Gasteiger partial charge in [0.2, 0.25) is 0 Å². The molecule has 0 unspecified atom stereocenters. The van der Waals surface area contributed by atoms with Gasteiger partial charge in [-0.15, -0.1) is 0 Å². The van der Waals surface area contributed by atoms with Gasteiger partial charge in [-0.05, 0) is 12.1 Å². The number of aliphatic hydroxyl groups is 1. The summed E-state index contributed by atoms with van der Waals surface area (Å²) in [5.41, 5.74) is 0. The molecule has 1 amide bonds. The number of hydrogen-bond donors (Lipinski definition) is 3. The summed E-state index contributed by atoms with van der Waals surface area (Å²) < 4.78 is 0. The first-order valence-electron chi connectivity index (χ1n) is 3.39. The summed E-state index contributed by atoms with van der Waals surface area (Å²) in [6, 6.07) is 2.67. The van der Waals surface area contributed by atoms with E-state index in [1.54, 1.807) is 0 Å². The summed E-state index contributed by atoms with van der Waals surface area (Å²) >= 11 is 5.51. The number of rotatable bonds is 2. The maximum atomic E-state index is 10.7. The molecule has 0 saturated heterocycles. The smallest absolute Gasteiger partial charge is 0.251 e. The number of carbonyl (C=O) groups is 1. The molecule has 1 heterocycles. The summed E-state index contributed by atoms with van der Waals surface area (Å²) in [5, 5.41) is 19.9. The molecule has 0 fully saturated rings. The molecule has 3 N–H and O–H groups in total. The molecule has 0 saturated carbocycles. The van der Waals surface area contributed by atoms with Crippen molar-refractivity contribution >= 4 is 23.3 Å². The van der Waals surface area contributed by atoms with E-state index < -0.39 is 12.5 Å². The molecule has 0 aliphatic carbocycles. The molecule has 0 atom stereocenters. The van der Waals surface area contributed by atoms with Gasteiger partial charge in [0.15, 0.2) is 11.6 Å². The Bertz CT molecular complexity index is 330. The number of carbonyl (C=O) groups excluding carboxylic acids is 1. The lowest BCUT2D eigenvalue weighted by Crippen LogP contribution is -2.16. The molecular weight excluding hydrogens is 196 g/mol. The van der Waals surface area contributed by atoms with Gasteiger partial charge < -0.3 is 15.5 Å². The van der Waals surface area contributed by atoms with Gasteiger partial charge in [-0.3, -0.25) is 4.79 Å². The Morgan fingerprint density at radius 3 is 2.92 bits per heavy atom. The van der Waals surface area contributed by atoms with Crippen molar-refractivity contribution in [2.24, 2.45) is 0 Å². The van der Waals surface area contributed by atoms with E-state index in [0.29, 0.717) is 0 Å². The van der Waals surface area contributed by atoms with E-state index in [9.17, 15) is 4.79 Å². The Balaban J connectivity index is 2.87. The average Bonchev–Trinajstić information content (AvgIpc) is 2.11. The van der Waals surface area contributed by atoms with Crippen LogP contribution in [0.15, 0.2) is 12.1 Å². The quantitative estimate of drug-likeness (QED) is 0.606. The minimum atomic E-state index is -0.673. The van der Waals surface area contributed by atoms with Crippen molar-refractivity contribution in [3.63, 3.8) is 0 Å². The number of aromatic hydroxyl groups is 1. The maximum absolute atomic E-state index is 10.7. The zero-order valence-corrected chi connectivity index (χ0v) is 7.25. The minimum absolute atomic E-state index is 0.0634. The van der Waals surface area contributed by atoms with Gasteiger partial charge in [-0.2, -0.15) is 0 Å². The number of anilines is 1. The molecule has 0 bridgehead atoms. The summed E-state index contributed by atoms with van der Waals surface area (Å²) in [7, 11) is 0. The van der Waals surface area contributed by atoms with Crippen molar-refractivity contribution in [1.82, 2.24) is 4.98 Å². The predicted molar refractivity (Wildman–Crippen MR) is 46.6 cm³/mol. The van der Waals surface area contributed by atoms with Crippen LogP contribution >= 0.6 is 11.6 Å². The zero-order valence-electron chi connectivity index (χ0n) is 6.49. The number of pyridine rings is 1.